The molecule has 0 saturated heterocycles. The summed E-state index contributed by atoms with van der Waals surface area (Å²) in [5, 5.41) is 0. The van der Waals surface area contributed by atoms with Crippen LogP contribution in [0.5, 0.6) is 0 Å². The molecular weight excluding hydrogens is 350 g/mol. The number of aromatic nitrogens is 3. The number of nitrogens with zero attached hydrogens (tertiary/aromatic N) is 3. The van der Waals surface area contributed by atoms with E-state index in [4.69, 9.17) is 11.5 Å². The molecule has 0 saturated carbocycles. The smallest absolute Gasteiger partial charge is 0.225 e. The molecule has 0 spiro atoms. The summed E-state index contributed by atoms with van der Waals surface area (Å²) in [5.74, 6) is 0.541. The zero-order valence-electron chi connectivity index (χ0n) is 14.9. The number of hydrogen-bond acceptors (Lipinski definition) is 6. The Morgan fingerprint density at radius 2 is 1.21 bits per heavy atom. The van der Waals surface area contributed by atoms with Gasteiger partial charge in [-0.25, -0.2) is 0 Å². The van der Waals surface area contributed by atoms with Crippen molar-refractivity contribution in [1.82, 2.24) is 15.0 Å². The van der Waals surface area contributed by atoms with Gasteiger partial charge in [-0.15, -0.1) is 0 Å². The summed E-state index contributed by atoms with van der Waals surface area (Å²) in [7, 11) is 0. The summed E-state index contributed by atoms with van der Waals surface area (Å²) in [4.78, 5) is 25.0. The molecule has 4 rings (SSSR count). The van der Waals surface area contributed by atoms with Crippen LogP contribution in [0.1, 0.15) is 15.9 Å². The van der Waals surface area contributed by atoms with Crippen LogP contribution in [-0.2, 0) is 0 Å². The van der Waals surface area contributed by atoms with Gasteiger partial charge in [0, 0.05) is 16.7 Å². The molecule has 4 aromatic rings. The van der Waals surface area contributed by atoms with Crippen LogP contribution in [0, 0.1) is 0 Å². The first-order valence-electron chi connectivity index (χ1n) is 8.68. The minimum absolute atomic E-state index is 0.0155. The molecular formula is C22H17N5O. The minimum Gasteiger partial charge on any atom is -0.368 e. The lowest BCUT2D eigenvalue weighted by atomic mass is 9.93. The molecule has 0 amide bonds. The topological polar surface area (TPSA) is 108 Å². The minimum atomic E-state index is -0.0155. The van der Waals surface area contributed by atoms with Crippen LogP contribution >= 0.6 is 0 Å². The van der Waals surface area contributed by atoms with E-state index in [1.807, 2.05) is 78.9 Å². The van der Waals surface area contributed by atoms with E-state index < -0.39 is 0 Å². The molecule has 0 bridgehead atoms. The lowest BCUT2D eigenvalue weighted by molar-refractivity contribution is 0.103. The van der Waals surface area contributed by atoms with Crippen molar-refractivity contribution in [1.29, 1.82) is 0 Å². The van der Waals surface area contributed by atoms with Crippen LogP contribution in [0.15, 0.2) is 78.9 Å². The number of ketones is 1. The van der Waals surface area contributed by atoms with Crippen molar-refractivity contribution in [2.24, 2.45) is 0 Å². The SMILES string of the molecule is Nc1nc(N)nc(-c2ccc(-c3ccccc3C(=O)c3ccccc3)cc2)n1. The molecule has 0 radical (unpaired) electrons. The Labute approximate surface area is 161 Å². The lowest BCUT2D eigenvalue weighted by Crippen LogP contribution is -2.04. The largest absolute Gasteiger partial charge is 0.368 e. The number of rotatable bonds is 4. The maximum absolute atomic E-state index is 12.9. The van der Waals surface area contributed by atoms with E-state index in [1.54, 1.807) is 0 Å². The zero-order chi connectivity index (χ0) is 19.5. The van der Waals surface area contributed by atoms with Crippen LogP contribution < -0.4 is 11.5 Å². The fourth-order valence-corrected chi connectivity index (χ4v) is 3.02. The van der Waals surface area contributed by atoms with Crippen molar-refractivity contribution >= 4 is 17.7 Å². The zero-order valence-corrected chi connectivity index (χ0v) is 14.9. The molecule has 0 unspecified atom stereocenters. The Balaban J connectivity index is 1.72. The van der Waals surface area contributed by atoms with Crippen molar-refractivity contribution in [3.05, 3.63) is 90.0 Å². The van der Waals surface area contributed by atoms with Crippen molar-refractivity contribution in [2.45, 2.75) is 0 Å². The average molecular weight is 367 g/mol. The average Bonchev–Trinajstić information content (AvgIpc) is 2.73. The van der Waals surface area contributed by atoms with E-state index in [0.717, 1.165) is 16.7 Å². The molecule has 0 aliphatic rings. The first-order chi connectivity index (χ1) is 13.6. The van der Waals surface area contributed by atoms with Crippen molar-refractivity contribution in [3.63, 3.8) is 0 Å². The Morgan fingerprint density at radius 1 is 0.643 bits per heavy atom. The summed E-state index contributed by atoms with van der Waals surface area (Å²) < 4.78 is 0. The van der Waals surface area contributed by atoms with Gasteiger partial charge in [0.2, 0.25) is 11.9 Å². The third-order valence-electron chi connectivity index (χ3n) is 4.33. The first-order valence-corrected chi connectivity index (χ1v) is 8.68. The molecule has 0 aliphatic heterocycles. The van der Waals surface area contributed by atoms with Crippen LogP contribution in [-0.4, -0.2) is 20.7 Å². The Morgan fingerprint density at radius 3 is 1.89 bits per heavy atom. The number of carbonyl (C=O) groups is 1. The van der Waals surface area contributed by atoms with E-state index in [0.29, 0.717) is 17.0 Å². The predicted octanol–water partition coefficient (Wildman–Crippen LogP) is 3.60. The highest BCUT2D eigenvalue weighted by Gasteiger charge is 2.14. The molecule has 136 valence electrons. The maximum Gasteiger partial charge on any atom is 0.225 e. The molecule has 0 aliphatic carbocycles. The van der Waals surface area contributed by atoms with Gasteiger partial charge in [0.05, 0.1) is 0 Å². The monoisotopic (exact) mass is 367 g/mol. The third kappa shape index (κ3) is 3.43. The Hall–Kier alpha value is -4.06. The van der Waals surface area contributed by atoms with Gasteiger partial charge in [0.15, 0.2) is 11.6 Å². The summed E-state index contributed by atoms with van der Waals surface area (Å²) >= 11 is 0. The molecule has 6 heteroatoms. The highest BCUT2D eigenvalue weighted by atomic mass is 16.1. The second kappa shape index (κ2) is 7.28. The standard InChI is InChI=1S/C22H17N5O/c23-21-25-20(26-22(24)27-21)16-12-10-14(11-13-16)17-8-4-5-9-18(17)19(28)15-6-2-1-3-7-15/h1-13H,(H4,23,24,25,26,27). The summed E-state index contributed by atoms with van der Waals surface area (Å²) in [5.41, 5.74) is 15.1. The highest BCUT2D eigenvalue weighted by molar-refractivity contribution is 6.12. The number of nitrogens with two attached hydrogens (primary N) is 2. The first kappa shape index (κ1) is 17.4. The maximum atomic E-state index is 12.9. The Bertz CT molecular complexity index is 1120. The van der Waals surface area contributed by atoms with Gasteiger partial charge >= 0.3 is 0 Å². The van der Waals surface area contributed by atoms with Gasteiger partial charge < -0.3 is 11.5 Å². The van der Waals surface area contributed by atoms with Gasteiger partial charge in [-0.05, 0) is 11.1 Å². The predicted molar refractivity (Wildman–Crippen MR) is 109 cm³/mol. The number of anilines is 2. The molecule has 6 nitrogen and oxygen atoms in total. The summed E-state index contributed by atoms with van der Waals surface area (Å²) in [6.07, 6.45) is 0. The molecule has 1 heterocycles. The third-order valence-corrected chi connectivity index (χ3v) is 4.33. The summed E-state index contributed by atoms with van der Waals surface area (Å²) in [6.45, 7) is 0. The van der Waals surface area contributed by atoms with Gasteiger partial charge in [-0.2, -0.15) is 15.0 Å². The lowest BCUT2D eigenvalue weighted by Gasteiger charge is -2.10. The van der Waals surface area contributed by atoms with Crippen LogP contribution in [0.3, 0.4) is 0 Å². The molecule has 28 heavy (non-hydrogen) atoms. The van der Waals surface area contributed by atoms with E-state index in [-0.39, 0.29) is 17.7 Å². The second-order valence-electron chi connectivity index (χ2n) is 6.19. The number of nitrogen functional groups attached to an aromatic ring is 2. The molecule has 0 fully saturated rings. The quantitative estimate of drug-likeness (QED) is 0.534. The van der Waals surface area contributed by atoms with E-state index in [2.05, 4.69) is 15.0 Å². The highest BCUT2D eigenvalue weighted by Crippen LogP contribution is 2.28. The molecule has 1 aromatic heterocycles. The van der Waals surface area contributed by atoms with Crippen molar-refractivity contribution in [2.75, 3.05) is 11.5 Å². The van der Waals surface area contributed by atoms with Crippen LogP contribution in [0.25, 0.3) is 22.5 Å². The van der Waals surface area contributed by atoms with Gasteiger partial charge in [-0.1, -0.05) is 78.9 Å². The molecule has 3 aromatic carbocycles. The van der Waals surface area contributed by atoms with E-state index in [9.17, 15) is 4.79 Å². The van der Waals surface area contributed by atoms with Crippen LogP contribution in [0.4, 0.5) is 11.9 Å². The fourth-order valence-electron chi connectivity index (χ4n) is 3.02. The fraction of sp³-hybridized carbons (Fsp3) is 0. The number of benzene rings is 3. The number of hydrogen-bond donors (Lipinski definition) is 2. The van der Waals surface area contributed by atoms with Crippen molar-refractivity contribution < 1.29 is 4.79 Å². The Kier molecular flexibility index (Phi) is 4.51. The van der Waals surface area contributed by atoms with Crippen LogP contribution in [0.2, 0.25) is 0 Å². The normalized spacial score (nSPS) is 10.6. The molecule has 4 N–H and O–H groups in total. The second-order valence-corrected chi connectivity index (χ2v) is 6.19. The van der Waals surface area contributed by atoms with Crippen molar-refractivity contribution in [3.8, 4) is 22.5 Å². The van der Waals surface area contributed by atoms with E-state index >= 15 is 0 Å². The van der Waals surface area contributed by atoms with Gasteiger partial charge in [0.1, 0.15) is 0 Å². The van der Waals surface area contributed by atoms with Gasteiger partial charge in [-0.3, -0.25) is 4.79 Å². The molecule has 0 atom stereocenters. The van der Waals surface area contributed by atoms with Gasteiger partial charge in [0.25, 0.3) is 0 Å². The summed E-state index contributed by atoms with van der Waals surface area (Å²) in [6, 6.07) is 24.4. The van der Waals surface area contributed by atoms with E-state index in [1.165, 1.54) is 0 Å². The number of carbonyl (C=O) groups excluding carboxylic acids is 1.